The van der Waals surface area contributed by atoms with Crippen molar-refractivity contribution in [1.82, 2.24) is 0 Å². The van der Waals surface area contributed by atoms with Crippen LogP contribution in [0.4, 0.5) is 17.1 Å². The first-order valence-electron chi connectivity index (χ1n) is 18.7. The largest absolute Gasteiger partial charge is 0.310 e. The molecule has 0 fully saturated rings. The number of anilines is 3. The highest BCUT2D eigenvalue weighted by atomic mass is 15.1. The van der Waals surface area contributed by atoms with Crippen molar-refractivity contribution >= 4 is 17.1 Å². The lowest BCUT2D eigenvalue weighted by Gasteiger charge is -2.34. The second-order valence-electron chi connectivity index (χ2n) is 16.5. The van der Waals surface area contributed by atoms with Crippen molar-refractivity contribution in [2.75, 3.05) is 4.90 Å². The molecular formula is C51H43N. The molecule has 0 saturated heterocycles. The summed E-state index contributed by atoms with van der Waals surface area (Å²) in [7, 11) is 0. The molecular weight excluding hydrogens is 627 g/mol. The minimum absolute atomic E-state index is 0.0762. The first-order valence-corrected chi connectivity index (χ1v) is 18.7. The summed E-state index contributed by atoms with van der Waals surface area (Å²) in [5, 5.41) is 0. The number of nitrogens with zero attached hydrogens (tertiary/aromatic N) is 1. The summed E-state index contributed by atoms with van der Waals surface area (Å²) in [5.74, 6) is 0. The van der Waals surface area contributed by atoms with Gasteiger partial charge in [0, 0.05) is 27.5 Å². The van der Waals surface area contributed by atoms with Gasteiger partial charge in [-0.2, -0.15) is 0 Å². The highest BCUT2D eigenvalue weighted by molar-refractivity contribution is 6.00. The number of para-hydroxylation sites is 1. The van der Waals surface area contributed by atoms with Crippen LogP contribution in [-0.4, -0.2) is 0 Å². The maximum Gasteiger partial charge on any atom is 0.0540 e. The van der Waals surface area contributed by atoms with Crippen molar-refractivity contribution in [3.05, 3.63) is 185 Å². The van der Waals surface area contributed by atoms with Gasteiger partial charge in [-0.25, -0.2) is 0 Å². The zero-order valence-electron chi connectivity index (χ0n) is 30.9. The van der Waals surface area contributed by atoms with Crippen LogP contribution in [-0.2, 0) is 16.2 Å². The molecule has 10 rings (SSSR count). The zero-order valence-corrected chi connectivity index (χ0v) is 30.9. The van der Waals surface area contributed by atoms with Crippen LogP contribution >= 0.6 is 0 Å². The molecule has 0 unspecified atom stereocenters. The molecule has 0 atom stereocenters. The summed E-state index contributed by atoms with van der Waals surface area (Å²) in [5.41, 5.74) is 22.1. The number of hydrogen-bond acceptors (Lipinski definition) is 1. The van der Waals surface area contributed by atoms with Gasteiger partial charge in [0.2, 0.25) is 0 Å². The van der Waals surface area contributed by atoms with E-state index >= 15 is 0 Å². The van der Waals surface area contributed by atoms with Gasteiger partial charge in [-0.05, 0) is 96.6 Å². The van der Waals surface area contributed by atoms with E-state index in [4.69, 9.17) is 0 Å². The SMILES string of the molecule is CC1(C)c2ccccc2-c2ccc(N(c3ccccc3-c3cccc4c3-c3ccccc3C4(C)C)c3cccc4c3C(C)(C)c3ccccc3-4)cc21. The fourth-order valence-corrected chi connectivity index (χ4v) is 10.1. The summed E-state index contributed by atoms with van der Waals surface area (Å²) in [6.07, 6.45) is 0. The molecule has 0 amide bonds. The van der Waals surface area contributed by atoms with Crippen LogP contribution < -0.4 is 4.90 Å². The van der Waals surface area contributed by atoms with Crippen LogP contribution in [0, 0.1) is 0 Å². The molecule has 52 heavy (non-hydrogen) atoms. The molecule has 0 bridgehead atoms. The molecule has 0 aromatic heterocycles. The molecule has 0 radical (unpaired) electrons. The Hall–Kier alpha value is -5.66. The average molecular weight is 670 g/mol. The first-order chi connectivity index (χ1) is 25.1. The Labute approximate surface area is 308 Å². The Bertz CT molecular complexity index is 2610. The molecule has 3 aliphatic carbocycles. The quantitative estimate of drug-likeness (QED) is 0.180. The molecule has 1 heteroatoms. The van der Waals surface area contributed by atoms with Crippen LogP contribution in [0.2, 0.25) is 0 Å². The van der Waals surface area contributed by atoms with Crippen LogP contribution in [0.3, 0.4) is 0 Å². The van der Waals surface area contributed by atoms with Gasteiger partial charge in [-0.15, -0.1) is 0 Å². The average Bonchev–Trinajstić information content (AvgIpc) is 3.65. The van der Waals surface area contributed by atoms with Crippen LogP contribution in [0.1, 0.15) is 74.9 Å². The molecule has 7 aromatic rings. The lowest BCUT2D eigenvalue weighted by atomic mass is 9.80. The molecule has 0 heterocycles. The molecule has 0 aliphatic heterocycles. The third kappa shape index (κ3) is 4.05. The number of fused-ring (bicyclic) bond motifs is 9. The lowest BCUT2D eigenvalue weighted by Crippen LogP contribution is -2.21. The third-order valence-electron chi connectivity index (χ3n) is 12.7. The van der Waals surface area contributed by atoms with Gasteiger partial charge in [0.15, 0.2) is 0 Å². The Morgan fingerprint density at radius 3 is 1.52 bits per heavy atom. The minimum atomic E-state index is -0.182. The maximum absolute atomic E-state index is 2.58. The van der Waals surface area contributed by atoms with Crippen molar-refractivity contribution in [1.29, 1.82) is 0 Å². The van der Waals surface area contributed by atoms with Gasteiger partial charge < -0.3 is 4.90 Å². The van der Waals surface area contributed by atoms with E-state index in [1.54, 1.807) is 0 Å². The van der Waals surface area contributed by atoms with Crippen molar-refractivity contribution in [3.63, 3.8) is 0 Å². The van der Waals surface area contributed by atoms with Gasteiger partial charge in [-0.1, -0.05) is 169 Å². The summed E-state index contributed by atoms with van der Waals surface area (Å²) in [6.45, 7) is 14.3. The van der Waals surface area contributed by atoms with E-state index in [0.717, 1.165) is 0 Å². The van der Waals surface area contributed by atoms with E-state index in [2.05, 4.69) is 198 Å². The second-order valence-corrected chi connectivity index (χ2v) is 16.5. The molecule has 252 valence electrons. The summed E-state index contributed by atoms with van der Waals surface area (Å²) in [4.78, 5) is 2.58. The van der Waals surface area contributed by atoms with Gasteiger partial charge in [-0.3, -0.25) is 0 Å². The van der Waals surface area contributed by atoms with Crippen LogP contribution in [0.15, 0.2) is 152 Å². The first kappa shape index (κ1) is 31.1. The molecule has 7 aromatic carbocycles. The monoisotopic (exact) mass is 669 g/mol. The summed E-state index contributed by atoms with van der Waals surface area (Å²) < 4.78 is 0. The Kier molecular flexibility index (Phi) is 6.39. The second kappa shape index (κ2) is 10.7. The van der Waals surface area contributed by atoms with Gasteiger partial charge in [0.25, 0.3) is 0 Å². The predicted octanol–water partition coefficient (Wildman–Crippen LogP) is 13.7. The standard InChI is InChI=1S/C51H43N/c1-49(2)42-25-13-9-20-39(42)47-37(21-15-26-43(47)49)36-19-10-14-27-45(36)52(32-29-30-35-33-17-7-11-23-40(33)50(3,4)44(35)31-32)46-28-16-22-38-34-18-8-12-24-41(34)51(5,6)48(38)46/h7-31H,1-6H3. The molecule has 1 nitrogen and oxygen atoms in total. The molecule has 0 N–H and O–H groups in total. The Balaban J connectivity index is 1.26. The number of benzene rings is 7. The maximum atomic E-state index is 2.58. The smallest absolute Gasteiger partial charge is 0.0540 e. The van der Waals surface area contributed by atoms with Gasteiger partial charge >= 0.3 is 0 Å². The van der Waals surface area contributed by atoms with Gasteiger partial charge in [0.1, 0.15) is 0 Å². The summed E-state index contributed by atoms with van der Waals surface area (Å²) in [6, 6.07) is 57.1. The Morgan fingerprint density at radius 2 is 0.788 bits per heavy atom. The van der Waals surface area contributed by atoms with Crippen molar-refractivity contribution in [2.45, 2.75) is 57.8 Å². The zero-order chi connectivity index (χ0) is 35.6. The van der Waals surface area contributed by atoms with E-state index in [0.29, 0.717) is 0 Å². The predicted molar refractivity (Wildman–Crippen MR) is 219 cm³/mol. The van der Waals surface area contributed by atoms with Crippen molar-refractivity contribution in [3.8, 4) is 44.5 Å². The highest BCUT2D eigenvalue weighted by Crippen LogP contribution is 2.58. The van der Waals surface area contributed by atoms with E-state index < -0.39 is 0 Å². The fourth-order valence-electron chi connectivity index (χ4n) is 10.1. The van der Waals surface area contributed by atoms with E-state index in [1.165, 1.54) is 95.0 Å². The van der Waals surface area contributed by atoms with Crippen LogP contribution in [0.5, 0.6) is 0 Å². The van der Waals surface area contributed by atoms with Crippen LogP contribution in [0.25, 0.3) is 44.5 Å². The Morgan fingerprint density at radius 1 is 0.327 bits per heavy atom. The van der Waals surface area contributed by atoms with E-state index in [-0.39, 0.29) is 16.2 Å². The van der Waals surface area contributed by atoms with Gasteiger partial charge in [0.05, 0.1) is 11.4 Å². The van der Waals surface area contributed by atoms with E-state index in [1.807, 2.05) is 0 Å². The molecule has 3 aliphatic rings. The topological polar surface area (TPSA) is 3.24 Å². The third-order valence-corrected chi connectivity index (χ3v) is 12.7. The van der Waals surface area contributed by atoms with E-state index in [9.17, 15) is 0 Å². The van der Waals surface area contributed by atoms with Crippen molar-refractivity contribution < 1.29 is 0 Å². The number of hydrogen-bond donors (Lipinski definition) is 0. The fraction of sp³-hybridized carbons (Fsp3) is 0.176. The normalized spacial score (nSPS) is 16.0. The molecule has 0 saturated carbocycles. The summed E-state index contributed by atoms with van der Waals surface area (Å²) >= 11 is 0. The highest BCUT2D eigenvalue weighted by Gasteiger charge is 2.41. The minimum Gasteiger partial charge on any atom is -0.310 e. The number of rotatable bonds is 4. The van der Waals surface area contributed by atoms with Crippen molar-refractivity contribution in [2.24, 2.45) is 0 Å². The molecule has 0 spiro atoms. The lowest BCUT2D eigenvalue weighted by molar-refractivity contribution is 0.658.